The van der Waals surface area contributed by atoms with E-state index in [2.05, 4.69) is 17.2 Å². The summed E-state index contributed by atoms with van der Waals surface area (Å²) in [5.41, 5.74) is 2.71. The summed E-state index contributed by atoms with van der Waals surface area (Å²) in [6, 6.07) is 13.2. The molecule has 0 unspecified atom stereocenters. The van der Waals surface area contributed by atoms with E-state index in [0.717, 1.165) is 23.4 Å². The molecule has 0 atom stereocenters. The minimum Gasteiger partial charge on any atom is -0.330 e. The lowest BCUT2D eigenvalue weighted by atomic mass is 10.0. The molecule has 0 aliphatic carbocycles. The highest BCUT2D eigenvalue weighted by Gasteiger charge is 2.38. The lowest BCUT2D eigenvalue weighted by Gasteiger charge is -2.42. The minimum atomic E-state index is -0.474. The van der Waals surface area contributed by atoms with Gasteiger partial charge >= 0.3 is 17.8 Å². The molecule has 2 fully saturated rings. The van der Waals surface area contributed by atoms with Crippen molar-refractivity contribution in [1.82, 2.24) is 19.7 Å². The zero-order valence-corrected chi connectivity index (χ0v) is 18.4. The van der Waals surface area contributed by atoms with Crippen LogP contribution in [0.4, 0.5) is 10.5 Å². The number of benzene rings is 1. The van der Waals surface area contributed by atoms with Crippen LogP contribution in [0.3, 0.4) is 0 Å². The molecule has 0 spiro atoms. The number of hydrogen-bond acceptors (Lipinski definition) is 4. The standard InChI is InChI=1S/C24H29N5O3/c1-2-18-7-3-4-9-21(18)26-24(32)27-13-10-20(11-14-27)29-16-15-28(22(30)23(29)31)17-19-8-5-6-12-25-19/h3-9,12,20H,2,10-11,13-17H2,1H3,(H,26,32). The van der Waals surface area contributed by atoms with E-state index in [-0.39, 0.29) is 12.1 Å². The van der Waals surface area contributed by atoms with Crippen molar-refractivity contribution in [3.63, 3.8) is 0 Å². The van der Waals surface area contributed by atoms with E-state index in [1.165, 1.54) is 0 Å². The molecular formula is C24H29N5O3. The Labute approximate surface area is 188 Å². The summed E-state index contributed by atoms with van der Waals surface area (Å²) in [6.07, 6.45) is 3.87. The van der Waals surface area contributed by atoms with Crippen LogP contribution in [0.1, 0.15) is 31.0 Å². The third kappa shape index (κ3) is 4.74. The lowest BCUT2D eigenvalue weighted by molar-refractivity contribution is -0.158. The van der Waals surface area contributed by atoms with Crippen molar-refractivity contribution in [2.75, 3.05) is 31.5 Å². The molecule has 3 heterocycles. The summed E-state index contributed by atoms with van der Waals surface area (Å²) in [4.78, 5) is 47.4. The number of amides is 4. The van der Waals surface area contributed by atoms with Gasteiger partial charge in [-0.1, -0.05) is 31.2 Å². The van der Waals surface area contributed by atoms with Crippen LogP contribution in [0.2, 0.25) is 0 Å². The highest BCUT2D eigenvalue weighted by molar-refractivity contribution is 6.35. The Balaban J connectivity index is 1.30. The summed E-state index contributed by atoms with van der Waals surface area (Å²) in [5, 5.41) is 3.01. The van der Waals surface area contributed by atoms with Gasteiger partial charge in [-0.2, -0.15) is 0 Å². The average molecular weight is 436 g/mol. The van der Waals surface area contributed by atoms with Crippen LogP contribution in [-0.4, -0.2) is 69.8 Å². The smallest absolute Gasteiger partial charge is 0.321 e. The van der Waals surface area contributed by atoms with Crippen molar-refractivity contribution in [3.05, 3.63) is 59.9 Å². The molecule has 0 radical (unpaired) electrons. The molecule has 1 aromatic heterocycles. The van der Waals surface area contributed by atoms with Crippen molar-refractivity contribution in [2.45, 2.75) is 38.8 Å². The number of piperazine rings is 1. The Morgan fingerprint density at radius 2 is 1.75 bits per heavy atom. The molecule has 32 heavy (non-hydrogen) atoms. The van der Waals surface area contributed by atoms with E-state index in [1.807, 2.05) is 42.5 Å². The summed E-state index contributed by atoms with van der Waals surface area (Å²) >= 11 is 0. The maximum atomic E-state index is 12.8. The number of para-hydroxylation sites is 1. The lowest BCUT2D eigenvalue weighted by Crippen LogP contribution is -2.59. The number of aromatic nitrogens is 1. The van der Waals surface area contributed by atoms with Crippen molar-refractivity contribution in [1.29, 1.82) is 0 Å². The van der Waals surface area contributed by atoms with Gasteiger partial charge in [0.2, 0.25) is 0 Å². The first-order chi connectivity index (χ1) is 15.6. The third-order valence-electron chi connectivity index (χ3n) is 6.25. The van der Waals surface area contributed by atoms with Gasteiger partial charge in [0.25, 0.3) is 0 Å². The van der Waals surface area contributed by atoms with Gasteiger partial charge in [0.15, 0.2) is 0 Å². The second kappa shape index (κ2) is 9.80. The van der Waals surface area contributed by atoms with Crippen molar-refractivity contribution in [2.24, 2.45) is 0 Å². The fourth-order valence-electron chi connectivity index (χ4n) is 4.40. The SMILES string of the molecule is CCc1ccccc1NC(=O)N1CCC(N2CCN(Cc3ccccn3)C(=O)C2=O)CC1. The predicted molar refractivity (Wildman–Crippen MR) is 121 cm³/mol. The van der Waals surface area contributed by atoms with E-state index in [9.17, 15) is 14.4 Å². The van der Waals surface area contributed by atoms with Gasteiger partial charge in [0, 0.05) is 44.1 Å². The zero-order chi connectivity index (χ0) is 22.5. The highest BCUT2D eigenvalue weighted by atomic mass is 16.2. The van der Waals surface area contributed by atoms with Crippen molar-refractivity contribution in [3.8, 4) is 0 Å². The average Bonchev–Trinajstić information content (AvgIpc) is 2.83. The number of rotatable bonds is 5. The Bertz CT molecular complexity index is 973. The quantitative estimate of drug-likeness (QED) is 0.732. The fourth-order valence-corrected chi connectivity index (χ4v) is 4.40. The molecule has 8 nitrogen and oxygen atoms in total. The van der Waals surface area contributed by atoms with Crippen LogP contribution >= 0.6 is 0 Å². The molecule has 4 amide bonds. The zero-order valence-electron chi connectivity index (χ0n) is 18.4. The predicted octanol–water partition coefficient (Wildman–Crippen LogP) is 2.51. The molecule has 1 aromatic carbocycles. The monoisotopic (exact) mass is 435 g/mol. The Kier molecular flexibility index (Phi) is 6.68. The van der Waals surface area contributed by atoms with Crippen molar-refractivity contribution >= 4 is 23.5 Å². The number of pyridine rings is 1. The number of aryl methyl sites for hydroxylation is 1. The number of likely N-dealkylation sites (tertiary alicyclic amines) is 1. The first kappa shape index (κ1) is 21.8. The molecule has 2 aromatic rings. The molecule has 4 rings (SSSR count). The number of nitrogens with zero attached hydrogens (tertiary/aromatic N) is 4. The van der Waals surface area contributed by atoms with Gasteiger partial charge in [0.1, 0.15) is 0 Å². The minimum absolute atomic E-state index is 0.0181. The maximum Gasteiger partial charge on any atom is 0.321 e. The molecular weight excluding hydrogens is 406 g/mol. The fraction of sp³-hybridized carbons (Fsp3) is 0.417. The number of piperidine rings is 1. The van der Waals surface area contributed by atoms with E-state index in [1.54, 1.807) is 20.9 Å². The Hall–Kier alpha value is -3.42. The second-order valence-corrected chi connectivity index (χ2v) is 8.21. The summed E-state index contributed by atoms with van der Waals surface area (Å²) in [6.45, 7) is 4.52. The molecule has 2 saturated heterocycles. The van der Waals surface area contributed by atoms with Crippen LogP contribution < -0.4 is 5.32 Å². The first-order valence-corrected chi connectivity index (χ1v) is 11.2. The Morgan fingerprint density at radius 3 is 2.47 bits per heavy atom. The topological polar surface area (TPSA) is 85.8 Å². The van der Waals surface area contributed by atoms with E-state index < -0.39 is 11.8 Å². The van der Waals surface area contributed by atoms with E-state index >= 15 is 0 Å². The molecule has 2 aliphatic heterocycles. The highest BCUT2D eigenvalue weighted by Crippen LogP contribution is 2.22. The number of carbonyl (C=O) groups excluding carboxylic acids is 3. The third-order valence-corrected chi connectivity index (χ3v) is 6.25. The molecule has 0 bridgehead atoms. The number of anilines is 1. The largest absolute Gasteiger partial charge is 0.330 e. The molecule has 8 heteroatoms. The van der Waals surface area contributed by atoms with Crippen LogP contribution in [0.25, 0.3) is 0 Å². The van der Waals surface area contributed by atoms with Crippen LogP contribution in [-0.2, 0) is 22.6 Å². The van der Waals surface area contributed by atoms with Crippen LogP contribution in [0, 0.1) is 0 Å². The van der Waals surface area contributed by atoms with Gasteiger partial charge in [0.05, 0.1) is 12.2 Å². The Morgan fingerprint density at radius 1 is 1.00 bits per heavy atom. The number of nitrogens with one attached hydrogen (secondary N) is 1. The van der Waals surface area contributed by atoms with Gasteiger partial charge in [-0.05, 0) is 43.0 Å². The molecule has 0 saturated carbocycles. The normalized spacial score (nSPS) is 17.6. The maximum absolute atomic E-state index is 12.8. The van der Waals surface area contributed by atoms with Crippen molar-refractivity contribution < 1.29 is 14.4 Å². The van der Waals surface area contributed by atoms with E-state index in [0.29, 0.717) is 45.6 Å². The van der Waals surface area contributed by atoms with Gasteiger partial charge < -0.3 is 20.0 Å². The van der Waals surface area contributed by atoms with Gasteiger partial charge in [-0.15, -0.1) is 0 Å². The molecule has 168 valence electrons. The van der Waals surface area contributed by atoms with Gasteiger partial charge in [-0.25, -0.2) is 4.79 Å². The summed E-state index contributed by atoms with van der Waals surface area (Å²) < 4.78 is 0. The first-order valence-electron chi connectivity index (χ1n) is 11.2. The number of carbonyl (C=O) groups is 3. The van der Waals surface area contributed by atoms with Crippen LogP contribution in [0.5, 0.6) is 0 Å². The summed E-state index contributed by atoms with van der Waals surface area (Å²) in [7, 11) is 0. The number of urea groups is 1. The molecule has 1 N–H and O–H groups in total. The second-order valence-electron chi connectivity index (χ2n) is 8.21. The van der Waals surface area contributed by atoms with E-state index in [4.69, 9.17) is 0 Å². The number of hydrogen-bond donors (Lipinski definition) is 1. The van der Waals surface area contributed by atoms with Gasteiger partial charge in [-0.3, -0.25) is 14.6 Å². The van der Waals surface area contributed by atoms with Crippen LogP contribution in [0.15, 0.2) is 48.7 Å². The summed E-state index contributed by atoms with van der Waals surface area (Å²) in [5.74, 6) is -0.926. The molecule has 2 aliphatic rings.